The molecule has 1 aliphatic rings. The number of urea groups is 1. The molecule has 2 N–H and O–H groups in total. The summed E-state index contributed by atoms with van der Waals surface area (Å²) in [5.74, 6) is -1.96. The van der Waals surface area contributed by atoms with E-state index in [1.807, 2.05) is 6.92 Å². The first-order valence-electron chi connectivity index (χ1n) is 8.87. The van der Waals surface area contributed by atoms with Crippen LogP contribution in [0.15, 0.2) is 23.1 Å². The summed E-state index contributed by atoms with van der Waals surface area (Å²) in [5, 5.41) is 2.47. The largest absolute Gasteiger partial charge is 0.454 e. The van der Waals surface area contributed by atoms with Crippen LogP contribution in [-0.4, -0.2) is 57.0 Å². The summed E-state index contributed by atoms with van der Waals surface area (Å²) < 4.78 is 32.6. The predicted molar refractivity (Wildman–Crippen MR) is 101 cm³/mol. The Morgan fingerprint density at radius 2 is 1.93 bits per heavy atom. The van der Waals surface area contributed by atoms with E-state index in [2.05, 4.69) is 10.0 Å². The number of imide groups is 1. The van der Waals surface area contributed by atoms with E-state index in [1.54, 1.807) is 26.8 Å². The van der Waals surface area contributed by atoms with Crippen LogP contribution in [0, 0.1) is 19.8 Å². The van der Waals surface area contributed by atoms with Crippen LogP contribution in [0.5, 0.6) is 0 Å². The molecule has 0 aliphatic carbocycles. The first kappa shape index (κ1) is 21.8. The Bertz CT molecular complexity index is 881. The van der Waals surface area contributed by atoms with Crippen molar-refractivity contribution < 1.29 is 27.5 Å². The van der Waals surface area contributed by atoms with Crippen LogP contribution in [0.3, 0.4) is 0 Å². The van der Waals surface area contributed by atoms with Crippen molar-refractivity contribution in [1.29, 1.82) is 0 Å². The number of rotatable bonds is 7. The molecule has 0 unspecified atom stereocenters. The number of hydrogen-bond acceptors (Lipinski definition) is 6. The predicted octanol–water partition coefficient (Wildman–Crippen LogP) is 0.701. The van der Waals surface area contributed by atoms with Gasteiger partial charge in [0.15, 0.2) is 6.61 Å². The van der Waals surface area contributed by atoms with Crippen molar-refractivity contribution in [2.24, 2.45) is 5.92 Å². The zero-order chi connectivity index (χ0) is 21.1. The molecule has 0 saturated carbocycles. The summed E-state index contributed by atoms with van der Waals surface area (Å²) >= 11 is 0. The van der Waals surface area contributed by atoms with E-state index < -0.39 is 46.5 Å². The lowest BCUT2D eigenvalue weighted by Gasteiger charge is -2.21. The van der Waals surface area contributed by atoms with Gasteiger partial charge in [0.25, 0.3) is 5.91 Å². The van der Waals surface area contributed by atoms with E-state index in [0.717, 1.165) is 16.0 Å². The molecule has 28 heavy (non-hydrogen) atoms. The van der Waals surface area contributed by atoms with Gasteiger partial charge in [-0.15, -0.1) is 0 Å². The molecule has 1 aromatic carbocycles. The maximum atomic E-state index is 12.7. The lowest BCUT2D eigenvalue weighted by molar-refractivity contribution is -0.153. The van der Waals surface area contributed by atoms with Crippen LogP contribution in [0.25, 0.3) is 0 Å². The number of carbonyl (C=O) groups is 3. The molecule has 1 aliphatic heterocycles. The van der Waals surface area contributed by atoms with Crippen molar-refractivity contribution in [3.05, 3.63) is 29.3 Å². The zero-order valence-electron chi connectivity index (χ0n) is 16.3. The molecule has 0 bridgehead atoms. The minimum atomic E-state index is -3.96. The molecule has 2 rings (SSSR count). The fourth-order valence-corrected chi connectivity index (χ4v) is 4.00. The zero-order valence-corrected chi connectivity index (χ0v) is 17.1. The topological polar surface area (TPSA) is 122 Å². The van der Waals surface area contributed by atoms with Crippen molar-refractivity contribution in [3.63, 3.8) is 0 Å². The van der Waals surface area contributed by atoms with Crippen LogP contribution in [0.2, 0.25) is 0 Å². The molecule has 3 amide bonds. The monoisotopic (exact) mass is 411 g/mol. The summed E-state index contributed by atoms with van der Waals surface area (Å²) in [5.41, 5.74) is 1.75. The van der Waals surface area contributed by atoms with Crippen LogP contribution in [0.1, 0.15) is 25.0 Å². The highest BCUT2D eigenvalue weighted by Crippen LogP contribution is 2.17. The number of nitrogens with one attached hydrogen (secondary N) is 2. The highest BCUT2D eigenvalue weighted by atomic mass is 32.2. The average molecular weight is 411 g/mol. The molecule has 9 nitrogen and oxygen atoms in total. The average Bonchev–Trinajstić information content (AvgIpc) is 3.05. The number of carbonyl (C=O) groups excluding carboxylic acids is 3. The number of benzene rings is 1. The molecule has 0 radical (unpaired) electrons. The third kappa shape index (κ3) is 5.08. The Labute approximate surface area is 164 Å². The minimum Gasteiger partial charge on any atom is -0.454 e. The molecule has 10 heteroatoms. The number of ether oxygens (including phenoxy) is 1. The summed E-state index contributed by atoms with van der Waals surface area (Å²) in [4.78, 5) is 36.8. The van der Waals surface area contributed by atoms with Crippen LogP contribution >= 0.6 is 0 Å². The Morgan fingerprint density at radius 3 is 2.46 bits per heavy atom. The van der Waals surface area contributed by atoms with Crippen molar-refractivity contribution in [1.82, 2.24) is 14.9 Å². The number of nitrogens with zero attached hydrogens (tertiary/aromatic N) is 1. The van der Waals surface area contributed by atoms with E-state index in [-0.39, 0.29) is 11.4 Å². The second kappa shape index (κ2) is 8.70. The van der Waals surface area contributed by atoms with Crippen LogP contribution in [0.4, 0.5) is 4.79 Å². The van der Waals surface area contributed by atoms with Crippen molar-refractivity contribution in [3.8, 4) is 0 Å². The number of amides is 3. The molecular weight excluding hydrogens is 386 g/mol. The van der Waals surface area contributed by atoms with Gasteiger partial charge in [0, 0.05) is 13.1 Å². The normalized spacial score (nSPS) is 15.5. The quantitative estimate of drug-likeness (QED) is 0.637. The SMILES string of the molecule is Cc1ccc(S(=O)(=O)N[C@@H](C(=O)OCC(=O)N2CCNC2=O)C(C)C)cc1C. The molecule has 1 fully saturated rings. The van der Waals surface area contributed by atoms with Gasteiger partial charge in [0.2, 0.25) is 10.0 Å². The van der Waals surface area contributed by atoms with E-state index >= 15 is 0 Å². The molecule has 1 heterocycles. The Hall–Kier alpha value is -2.46. The molecule has 1 atom stereocenters. The lowest BCUT2D eigenvalue weighted by Crippen LogP contribution is -2.46. The number of esters is 1. The van der Waals surface area contributed by atoms with Gasteiger partial charge in [-0.2, -0.15) is 4.72 Å². The van der Waals surface area contributed by atoms with Gasteiger partial charge >= 0.3 is 12.0 Å². The third-order valence-corrected chi connectivity index (χ3v) is 5.93. The fourth-order valence-electron chi connectivity index (χ4n) is 2.58. The number of aryl methyl sites for hydroxylation is 2. The lowest BCUT2D eigenvalue weighted by atomic mass is 10.1. The van der Waals surface area contributed by atoms with Crippen molar-refractivity contribution in [2.75, 3.05) is 19.7 Å². The standard InChI is InChI=1S/C18H25N3O6S/c1-11(2)16(17(23)27-10-15(22)21-8-7-19-18(21)24)20-28(25,26)14-6-5-12(3)13(4)9-14/h5-6,9,11,16,20H,7-8,10H2,1-4H3,(H,19,24)/t16-/m1/s1. The van der Waals surface area contributed by atoms with Gasteiger partial charge in [0.05, 0.1) is 4.90 Å². The second-order valence-corrected chi connectivity index (χ2v) is 8.69. The minimum absolute atomic E-state index is 0.0406. The first-order chi connectivity index (χ1) is 13.0. The Kier molecular flexibility index (Phi) is 6.78. The van der Waals surface area contributed by atoms with Gasteiger partial charge in [-0.25, -0.2) is 13.2 Å². The maximum absolute atomic E-state index is 12.7. The summed E-state index contributed by atoms with van der Waals surface area (Å²) in [6, 6.07) is 2.95. The third-order valence-electron chi connectivity index (χ3n) is 4.49. The van der Waals surface area contributed by atoms with Gasteiger partial charge < -0.3 is 10.1 Å². The molecule has 1 aromatic rings. The van der Waals surface area contributed by atoms with Crippen LogP contribution < -0.4 is 10.0 Å². The molecule has 0 spiro atoms. The number of hydrogen-bond donors (Lipinski definition) is 2. The summed E-state index contributed by atoms with van der Waals surface area (Å²) in [7, 11) is -3.96. The highest BCUT2D eigenvalue weighted by molar-refractivity contribution is 7.89. The summed E-state index contributed by atoms with van der Waals surface area (Å²) in [6.45, 7) is 6.87. The van der Waals surface area contributed by atoms with E-state index in [1.165, 1.54) is 12.1 Å². The van der Waals surface area contributed by atoms with Gasteiger partial charge in [-0.1, -0.05) is 19.9 Å². The van der Waals surface area contributed by atoms with Crippen molar-refractivity contribution >= 4 is 27.9 Å². The van der Waals surface area contributed by atoms with E-state index in [9.17, 15) is 22.8 Å². The Morgan fingerprint density at radius 1 is 1.25 bits per heavy atom. The highest BCUT2D eigenvalue weighted by Gasteiger charge is 2.32. The fraction of sp³-hybridized carbons (Fsp3) is 0.500. The van der Waals surface area contributed by atoms with Gasteiger partial charge in [-0.3, -0.25) is 14.5 Å². The molecular formula is C18H25N3O6S. The maximum Gasteiger partial charge on any atom is 0.324 e. The first-order valence-corrected chi connectivity index (χ1v) is 10.4. The summed E-state index contributed by atoms with van der Waals surface area (Å²) in [6.07, 6.45) is 0. The van der Waals surface area contributed by atoms with E-state index in [4.69, 9.17) is 4.74 Å². The molecule has 1 saturated heterocycles. The molecule has 0 aromatic heterocycles. The second-order valence-electron chi connectivity index (χ2n) is 6.97. The van der Waals surface area contributed by atoms with Gasteiger partial charge in [0.1, 0.15) is 6.04 Å². The molecule has 154 valence electrons. The number of sulfonamides is 1. The van der Waals surface area contributed by atoms with E-state index in [0.29, 0.717) is 6.54 Å². The Balaban J connectivity index is 2.07. The van der Waals surface area contributed by atoms with Gasteiger partial charge in [-0.05, 0) is 43.0 Å². The van der Waals surface area contributed by atoms with Crippen molar-refractivity contribution in [2.45, 2.75) is 38.6 Å². The smallest absolute Gasteiger partial charge is 0.324 e. The van der Waals surface area contributed by atoms with Crippen LogP contribution in [-0.2, 0) is 24.3 Å².